The number of nitrogens with one attached hydrogen (secondary N) is 1. The summed E-state index contributed by atoms with van der Waals surface area (Å²) in [7, 11) is 0. The molecule has 0 aliphatic heterocycles. The van der Waals surface area contributed by atoms with Crippen LogP contribution in [0.1, 0.15) is 33.3 Å². The summed E-state index contributed by atoms with van der Waals surface area (Å²) in [6.07, 6.45) is -0.490. The van der Waals surface area contributed by atoms with Crippen LogP contribution in [0.5, 0.6) is 5.75 Å². The van der Waals surface area contributed by atoms with Gasteiger partial charge < -0.3 is 4.74 Å². The Kier molecular flexibility index (Phi) is 4.99. The second kappa shape index (κ2) is 7.20. The number of hydrogen-bond donors (Lipinski definition) is 1. The van der Waals surface area contributed by atoms with Gasteiger partial charge in [-0.05, 0) is 51.9 Å². The molecule has 3 aromatic rings. The minimum absolute atomic E-state index is 0.0753. The van der Waals surface area contributed by atoms with Gasteiger partial charge in [-0.1, -0.05) is 70.2 Å². The van der Waals surface area contributed by atoms with Crippen LogP contribution in [0.25, 0.3) is 10.8 Å². The van der Waals surface area contributed by atoms with Crippen LogP contribution in [-0.4, -0.2) is 6.09 Å². The molecule has 0 aliphatic rings. The van der Waals surface area contributed by atoms with Crippen molar-refractivity contribution in [1.82, 2.24) is 0 Å². The molecule has 1 N–H and O–H groups in total. The lowest BCUT2D eigenvalue weighted by molar-refractivity contribution is 0.215. The number of amides is 1. The number of carbonyl (C=O) groups excluding carboxylic acids is 1. The molecule has 0 bridgehead atoms. The van der Waals surface area contributed by atoms with E-state index in [0.29, 0.717) is 17.4 Å². The highest BCUT2D eigenvalue weighted by molar-refractivity contribution is 5.91. The van der Waals surface area contributed by atoms with Crippen molar-refractivity contribution in [3.05, 3.63) is 72.3 Å². The fraction of sp³-hybridized carbons (Fsp3) is 0.261. The Labute approximate surface area is 155 Å². The number of fused-ring (bicyclic) bond motifs is 1. The minimum Gasteiger partial charge on any atom is -0.410 e. The maximum atomic E-state index is 12.2. The molecule has 0 unspecified atom stereocenters. The smallest absolute Gasteiger partial charge is 0.410 e. The van der Waals surface area contributed by atoms with Gasteiger partial charge in [-0.15, -0.1) is 0 Å². The molecular weight excluding hydrogens is 322 g/mol. The molecule has 0 radical (unpaired) electrons. The fourth-order valence-corrected chi connectivity index (χ4v) is 2.80. The predicted molar refractivity (Wildman–Crippen MR) is 108 cm³/mol. The average molecular weight is 347 g/mol. The first-order chi connectivity index (χ1) is 12.4. The first-order valence-corrected chi connectivity index (χ1v) is 8.94. The minimum atomic E-state index is -0.490. The monoisotopic (exact) mass is 347 g/mol. The molecule has 0 heterocycles. The molecule has 0 atom stereocenters. The summed E-state index contributed by atoms with van der Waals surface area (Å²) in [5.41, 5.74) is 2.02. The topological polar surface area (TPSA) is 38.3 Å². The van der Waals surface area contributed by atoms with Crippen molar-refractivity contribution in [2.24, 2.45) is 5.92 Å². The van der Waals surface area contributed by atoms with E-state index >= 15 is 0 Å². The Hall–Kier alpha value is -2.81. The zero-order valence-corrected chi connectivity index (χ0v) is 15.7. The molecule has 3 nitrogen and oxygen atoms in total. The number of benzene rings is 3. The SMILES string of the molecule is CC(C)C(C)(C)c1ccc(OC(=O)Nc2ccc3ccccc3c2)cc1. The highest BCUT2D eigenvalue weighted by atomic mass is 16.6. The largest absolute Gasteiger partial charge is 0.417 e. The van der Waals surface area contributed by atoms with E-state index in [1.54, 1.807) is 0 Å². The van der Waals surface area contributed by atoms with E-state index in [1.165, 1.54) is 5.56 Å². The van der Waals surface area contributed by atoms with Crippen molar-refractivity contribution in [2.75, 3.05) is 5.32 Å². The zero-order chi connectivity index (χ0) is 18.7. The van der Waals surface area contributed by atoms with Gasteiger partial charge in [0.2, 0.25) is 0 Å². The van der Waals surface area contributed by atoms with Gasteiger partial charge in [-0.3, -0.25) is 5.32 Å². The number of ether oxygens (including phenoxy) is 1. The van der Waals surface area contributed by atoms with Crippen LogP contribution in [0.15, 0.2) is 66.7 Å². The second-order valence-electron chi connectivity index (χ2n) is 7.48. The molecule has 26 heavy (non-hydrogen) atoms. The summed E-state index contributed by atoms with van der Waals surface area (Å²) in [4.78, 5) is 12.2. The fourth-order valence-electron chi connectivity index (χ4n) is 2.80. The van der Waals surface area contributed by atoms with Crippen molar-refractivity contribution in [2.45, 2.75) is 33.1 Å². The summed E-state index contributed by atoms with van der Waals surface area (Å²) in [6, 6.07) is 21.6. The van der Waals surface area contributed by atoms with E-state index in [9.17, 15) is 4.79 Å². The van der Waals surface area contributed by atoms with Gasteiger partial charge >= 0.3 is 6.09 Å². The number of hydrogen-bond acceptors (Lipinski definition) is 2. The number of carbonyl (C=O) groups is 1. The van der Waals surface area contributed by atoms with Gasteiger partial charge in [-0.25, -0.2) is 4.79 Å². The highest BCUT2D eigenvalue weighted by Gasteiger charge is 2.24. The van der Waals surface area contributed by atoms with Crippen LogP contribution in [0.2, 0.25) is 0 Å². The molecule has 134 valence electrons. The van der Waals surface area contributed by atoms with Gasteiger partial charge in [0, 0.05) is 5.69 Å². The van der Waals surface area contributed by atoms with Crippen LogP contribution in [0, 0.1) is 5.92 Å². The molecule has 0 saturated carbocycles. The predicted octanol–water partition coefficient (Wildman–Crippen LogP) is 6.38. The van der Waals surface area contributed by atoms with Gasteiger partial charge in [-0.2, -0.15) is 0 Å². The van der Waals surface area contributed by atoms with Gasteiger partial charge in [0.25, 0.3) is 0 Å². The van der Waals surface area contributed by atoms with Crippen LogP contribution < -0.4 is 10.1 Å². The van der Waals surface area contributed by atoms with E-state index < -0.39 is 6.09 Å². The standard InChI is InChI=1S/C23H25NO2/c1-16(2)23(3,4)19-10-13-21(14-11-19)26-22(25)24-20-12-9-17-7-5-6-8-18(17)15-20/h5-16H,1-4H3,(H,24,25). The van der Waals surface area contributed by atoms with Gasteiger partial charge in [0.1, 0.15) is 5.75 Å². The van der Waals surface area contributed by atoms with Gasteiger partial charge in [0.05, 0.1) is 0 Å². The first kappa shape index (κ1) is 18.0. The van der Waals surface area contributed by atoms with Crippen molar-refractivity contribution < 1.29 is 9.53 Å². The molecule has 3 heteroatoms. The summed E-state index contributed by atoms with van der Waals surface area (Å²) in [5.74, 6) is 1.05. The Bertz CT molecular complexity index is 911. The van der Waals surface area contributed by atoms with Crippen LogP contribution >= 0.6 is 0 Å². The Morgan fingerprint density at radius 1 is 0.923 bits per heavy atom. The lowest BCUT2D eigenvalue weighted by atomic mass is 9.75. The van der Waals surface area contributed by atoms with Crippen LogP contribution in [0.4, 0.5) is 10.5 Å². The summed E-state index contributed by atoms with van der Waals surface area (Å²) >= 11 is 0. The van der Waals surface area contributed by atoms with Crippen molar-refractivity contribution in [1.29, 1.82) is 0 Å². The number of rotatable bonds is 4. The molecular formula is C23H25NO2. The van der Waals surface area contributed by atoms with Crippen molar-refractivity contribution >= 4 is 22.6 Å². The molecule has 0 aromatic heterocycles. The summed E-state index contributed by atoms with van der Waals surface area (Å²) in [5, 5.41) is 4.99. The maximum absolute atomic E-state index is 12.2. The van der Waals surface area contributed by atoms with E-state index in [2.05, 4.69) is 33.0 Å². The van der Waals surface area contributed by atoms with E-state index in [-0.39, 0.29) is 5.41 Å². The van der Waals surface area contributed by atoms with Crippen molar-refractivity contribution in [3.8, 4) is 5.75 Å². The molecule has 3 rings (SSSR count). The third kappa shape index (κ3) is 3.88. The third-order valence-corrected chi connectivity index (χ3v) is 5.25. The second-order valence-corrected chi connectivity index (χ2v) is 7.48. The molecule has 0 fully saturated rings. The third-order valence-electron chi connectivity index (χ3n) is 5.25. The van der Waals surface area contributed by atoms with E-state index in [0.717, 1.165) is 10.8 Å². The Balaban J connectivity index is 1.67. The molecule has 3 aromatic carbocycles. The Morgan fingerprint density at radius 3 is 2.23 bits per heavy atom. The van der Waals surface area contributed by atoms with E-state index in [4.69, 9.17) is 4.74 Å². The normalized spacial score (nSPS) is 11.6. The van der Waals surface area contributed by atoms with E-state index in [1.807, 2.05) is 66.7 Å². The summed E-state index contributed by atoms with van der Waals surface area (Å²) < 4.78 is 5.41. The van der Waals surface area contributed by atoms with Crippen LogP contribution in [0.3, 0.4) is 0 Å². The Morgan fingerprint density at radius 2 is 1.58 bits per heavy atom. The molecule has 0 aliphatic carbocycles. The first-order valence-electron chi connectivity index (χ1n) is 8.94. The summed E-state index contributed by atoms with van der Waals surface area (Å²) in [6.45, 7) is 8.86. The van der Waals surface area contributed by atoms with Gasteiger partial charge in [0.15, 0.2) is 0 Å². The molecule has 0 saturated heterocycles. The van der Waals surface area contributed by atoms with Crippen LogP contribution in [-0.2, 0) is 5.41 Å². The number of anilines is 1. The highest BCUT2D eigenvalue weighted by Crippen LogP contribution is 2.32. The van der Waals surface area contributed by atoms with Crippen molar-refractivity contribution in [3.63, 3.8) is 0 Å². The maximum Gasteiger partial charge on any atom is 0.417 e. The quantitative estimate of drug-likeness (QED) is 0.594. The lowest BCUT2D eigenvalue weighted by Gasteiger charge is -2.30. The molecule has 1 amide bonds. The lowest BCUT2D eigenvalue weighted by Crippen LogP contribution is -2.24. The zero-order valence-electron chi connectivity index (χ0n) is 15.7. The molecule has 0 spiro atoms. The average Bonchev–Trinajstić information content (AvgIpc) is 2.62.